The fourth-order valence-electron chi connectivity index (χ4n) is 5.49. The van der Waals surface area contributed by atoms with Crippen LogP contribution < -0.4 is 0 Å². The number of nitrogens with zero attached hydrogens (tertiary/aromatic N) is 4. The number of carbonyl (C=O) groups is 2. The van der Waals surface area contributed by atoms with E-state index in [4.69, 9.17) is 14.2 Å². The number of aromatic nitrogens is 4. The van der Waals surface area contributed by atoms with Gasteiger partial charge in [-0.25, -0.2) is 19.6 Å². The summed E-state index contributed by atoms with van der Waals surface area (Å²) >= 11 is 0. The summed E-state index contributed by atoms with van der Waals surface area (Å²) in [5.74, 6) is 0.427. The third-order valence-corrected chi connectivity index (χ3v) is 7.58. The van der Waals surface area contributed by atoms with Crippen LogP contribution in [0.3, 0.4) is 0 Å². The Kier molecular flexibility index (Phi) is 10.9. The van der Waals surface area contributed by atoms with Crippen molar-refractivity contribution in [2.24, 2.45) is 11.8 Å². The third kappa shape index (κ3) is 8.40. The number of H-pyrrole nitrogens is 2. The molecule has 12 nitrogen and oxygen atoms in total. The molecule has 1 fully saturated rings. The molecular weight excluding hydrogens is 573 g/mol. The highest BCUT2D eigenvalue weighted by molar-refractivity contribution is 5.69. The second-order valence-corrected chi connectivity index (χ2v) is 11.4. The summed E-state index contributed by atoms with van der Waals surface area (Å²) in [6.07, 6.45) is 0.603. The van der Waals surface area contributed by atoms with E-state index >= 15 is 0 Å². The number of rotatable bonds is 8. The molecule has 2 amide bonds. The van der Waals surface area contributed by atoms with Crippen LogP contribution in [0.5, 0.6) is 0 Å². The summed E-state index contributed by atoms with van der Waals surface area (Å²) in [4.78, 5) is 42.7. The van der Waals surface area contributed by atoms with Crippen LogP contribution in [0.2, 0.25) is 0 Å². The minimum Gasteiger partial charge on any atom is -0.447 e. The van der Waals surface area contributed by atoms with Crippen LogP contribution in [0.4, 0.5) is 22.8 Å². The molecular formula is C28H41F3N6O6. The number of carbonyl (C=O) groups excluding carboxylic acids is 2. The van der Waals surface area contributed by atoms with Gasteiger partial charge >= 0.3 is 18.4 Å². The Bertz CT molecular complexity index is 1200. The van der Waals surface area contributed by atoms with E-state index in [1.807, 2.05) is 13.8 Å². The van der Waals surface area contributed by atoms with Gasteiger partial charge in [0.15, 0.2) is 0 Å². The van der Waals surface area contributed by atoms with Gasteiger partial charge in [-0.1, -0.05) is 27.7 Å². The lowest BCUT2D eigenvalue weighted by atomic mass is 9.94. The number of halogens is 3. The number of fused-ring (bicyclic) bond motifs is 2. The maximum atomic E-state index is 12.3. The van der Waals surface area contributed by atoms with Gasteiger partial charge in [-0.15, -0.1) is 0 Å². The molecule has 3 aliphatic rings. The minimum atomic E-state index is -4.38. The van der Waals surface area contributed by atoms with Crippen LogP contribution in [0.15, 0.2) is 12.7 Å². The summed E-state index contributed by atoms with van der Waals surface area (Å²) in [5.41, 5.74) is 3.93. The van der Waals surface area contributed by atoms with Crippen LogP contribution in [0, 0.1) is 11.8 Å². The lowest BCUT2D eigenvalue weighted by Crippen LogP contribution is -2.44. The highest BCUT2D eigenvalue weighted by Gasteiger charge is 2.37. The van der Waals surface area contributed by atoms with Crippen LogP contribution >= 0.6 is 0 Å². The smallest absolute Gasteiger partial charge is 0.411 e. The van der Waals surface area contributed by atoms with Crippen molar-refractivity contribution < 1.29 is 41.7 Å². The molecule has 3 unspecified atom stereocenters. The zero-order chi connectivity index (χ0) is 31.1. The Morgan fingerprint density at radius 1 is 0.930 bits per heavy atom. The SMILES string of the molecule is CC(C)C1c2nc[nH]c2CCN1C(=O)OCC1CCO1.CC(C)C1c2nc[nH]c2CCN1C(=O)OCCOCC(F)(F)F. The van der Waals surface area contributed by atoms with Gasteiger partial charge in [0.1, 0.15) is 19.8 Å². The molecule has 3 aliphatic heterocycles. The Labute approximate surface area is 248 Å². The van der Waals surface area contributed by atoms with Gasteiger partial charge in [-0.05, 0) is 11.8 Å². The zero-order valence-corrected chi connectivity index (χ0v) is 25.0. The molecule has 3 atom stereocenters. The van der Waals surface area contributed by atoms with E-state index in [-0.39, 0.29) is 43.4 Å². The quantitative estimate of drug-likeness (QED) is 0.413. The lowest BCUT2D eigenvalue weighted by Gasteiger charge is -2.37. The van der Waals surface area contributed by atoms with E-state index in [1.54, 1.807) is 22.5 Å². The lowest BCUT2D eigenvalue weighted by molar-refractivity contribution is -0.175. The van der Waals surface area contributed by atoms with Gasteiger partial charge in [0.25, 0.3) is 0 Å². The van der Waals surface area contributed by atoms with Crippen molar-refractivity contribution in [3.8, 4) is 0 Å². The standard InChI is InChI=1S/C14H20F3N3O3.C14H21N3O3/c1-9(2)12-11-10(18-8-19-11)3-4-20(12)13(21)23-6-5-22-7-14(15,16)17;1-9(2)13-12-11(15-8-16-12)3-5-17(13)14(18)20-7-10-4-6-19-10/h8-9,12H,3-7H2,1-2H3,(H,18,19);8-10,13H,3-7H2,1-2H3,(H,15,16). The highest BCUT2D eigenvalue weighted by atomic mass is 19.4. The van der Waals surface area contributed by atoms with Gasteiger partial charge in [-0.3, -0.25) is 9.80 Å². The second-order valence-electron chi connectivity index (χ2n) is 11.4. The maximum absolute atomic E-state index is 12.3. The average Bonchev–Trinajstić information content (AvgIpc) is 3.59. The Balaban J connectivity index is 0.000000198. The third-order valence-electron chi connectivity index (χ3n) is 7.58. The molecule has 2 aromatic rings. The molecule has 5 rings (SSSR count). The number of alkyl halides is 3. The molecule has 0 saturated carbocycles. The first-order valence-electron chi connectivity index (χ1n) is 14.6. The molecule has 0 radical (unpaired) electrons. The predicted molar refractivity (Wildman–Crippen MR) is 147 cm³/mol. The van der Waals surface area contributed by atoms with Crippen molar-refractivity contribution in [1.82, 2.24) is 29.7 Å². The number of hydrogen-bond donors (Lipinski definition) is 2. The van der Waals surface area contributed by atoms with Crippen molar-refractivity contribution in [2.75, 3.05) is 46.1 Å². The number of nitrogens with one attached hydrogen (secondary N) is 2. The van der Waals surface area contributed by atoms with Crippen molar-refractivity contribution in [1.29, 1.82) is 0 Å². The zero-order valence-electron chi connectivity index (χ0n) is 25.0. The Morgan fingerprint density at radius 3 is 1.88 bits per heavy atom. The molecule has 0 aromatic carbocycles. The van der Waals surface area contributed by atoms with Gasteiger partial charge < -0.3 is 28.9 Å². The van der Waals surface area contributed by atoms with E-state index in [9.17, 15) is 22.8 Å². The molecule has 5 heterocycles. The number of imidazole rings is 2. The van der Waals surface area contributed by atoms with Crippen molar-refractivity contribution in [3.05, 3.63) is 35.4 Å². The molecule has 43 heavy (non-hydrogen) atoms. The van der Waals surface area contributed by atoms with Crippen LogP contribution in [-0.4, -0.2) is 100 Å². The van der Waals surface area contributed by atoms with E-state index in [2.05, 4.69) is 38.5 Å². The van der Waals surface area contributed by atoms with Crippen LogP contribution in [-0.2, 0) is 31.8 Å². The topological polar surface area (TPSA) is 135 Å². The van der Waals surface area contributed by atoms with E-state index < -0.39 is 18.9 Å². The highest BCUT2D eigenvalue weighted by Crippen LogP contribution is 2.35. The molecule has 0 aliphatic carbocycles. The maximum Gasteiger partial charge on any atom is 0.411 e. The van der Waals surface area contributed by atoms with E-state index in [0.29, 0.717) is 32.0 Å². The monoisotopic (exact) mass is 614 g/mol. The first-order valence-corrected chi connectivity index (χ1v) is 14.6. The Hall–Kier alpha value is -3.33. The first-order chi connectivity index (χ1) is 20.5. The second kappa shape index (κ2) is 14.4. The van der Waals surface area contributed by atoms with E-state index in [1.165, 1.54) is 0 Å². The fourth-order valence-corrected chi connectivity index (χ4v) is 5.49. The predicted octanol–water partition coefficient (Wildman–Crippen LogP) is 4.57. The first kappa shape index (κ1) is 32.6. The van der Waals surface area contributed by atoms with Crippen LogP contribution in [0.25, 0.3) is 0 Å². The summed E-state index contributed by atoms with van der Waals surface area (Å²) in [7, 11) is 0. The van der Waals surface area contributed by atoms with Crippen molar-refractivity contribution >= 4 is 12.2 Å². The number of amides is 2. The fraction of sp³-hybridized carbons (Fsp3) is 0.714. The molecule has 1 saturated heterocycles. The Morgan fingerprint density at radius 2 is 1.44 bits per heavy atom. The van der Waals surface area contributed by atoms with E-state index in [0.717, 1.165) is 42.2 Å². The molecule has 2 N–H and O–H groups in total. The molecule has 0 spiro atoms. The molecule has 240 valence electrons. The minimum absolute atomic E-state index is 0.0141. The van der Waals surface area contributed by atoms with Crippen molar-refractivity contribution in [2.45, 2.75) is 71.3 Å². The normalized spacial score (nSPS) is 21.5. The van der Waals surface area contributed by atoms with Crippen LogP contribution in [0.1, 0.15) is 69.0 Å². The van der Waals surface area contributed by atoms with Gasteiger partial charge in [0, 0.05) is 50.3 Å². The summed E-state index contributed by atoms with van der Waals surface area (Å²) in [5, 5.41) is 0. The number of aromatic amines is 2. The summed E-state index contributed by atoms with van der Waals surface area (Å²) in [6.45, 7) is 8.56. The molecule has 0 bridgehead atoms. The average molecular weight is 615 g/mol. The summed E-state index contributed by atoms with van der Waals surface area (Å²) in [6, 6.07) is -0.228. The van der Waals surface area contributed by atoms with Crippen molar-refractivity contribution in [3.63, 3.8) is 0 Å². The molecule has 2 aromatic heterocycles. The number of hydrogen-bond acceptors (Lipinski definition) is 8. The number of ether oxygens (including phenoxy) is 4. The van der Waals surface area contributed by atoms with Gasteiger partial charge in [-0.2, -0.15) is 13.2 Å². The van der Waals surface area contributed by atoms with Gasteiger partial charge in [0.05, 0.1) is 48.8 Å². The van der Waals surface area contributed by atoms with Gasteiger partial charge in [0.2, 0.25) is 0 Å². The molecule has 15 heteroatoms. The summed E-state index contributed by atoms with van der Waals surface area (Å²) < 4.78 is 55.9. The largest absolute Gasteiger partial charge is 0.447 e.